The van der Waals surface area contributed by atoms with Crippen LogP contribution in [-0.2, 0) is 17.1 Å². The van der Waals surface area contributed by atoms with Crippen LogP contribution >= 0.6 is 0 Å². The lowest BCUT2D eigenvalue weighted by Crippen LogP contribution is -2.19. The molecule has 0 bridgehead atoms. The van der Waals surface area contributed by atoms with Gasteiger partial charge in [0.05, 0.1) is 17.1 Å². The second-order valence-electron chi connectivity index (χ2n) is 3.91. The van der Waals surface area contributed by atoms with E-state index in [1.165, 1.54) is 16.9 Å². The number of hydrogen-bond donors (Lipinski definition) is 3. The van der Waals surface area contributed by atoms with Gasteiger partial charge < -0.3 is 5.43 Å². The molecular weight excluding hydrogens is 268 g/mol. The Morgan fingerprint density at radius 2 is 2.11 bits per heavy atom. The zero-order valence-corrected chi connectivity index (χ0v) is 11.3. The first-order valence-corrected chi connectivity index (χ1v) is 6.87. The molecule has 0 saturated heterocycles. The molecule has 0 unspecified atom stereocenters. The highest BCUT2D eigenvalue weighted by molar-refractivity contribution is 7.92. The number of aryl methyl sites for hydroxylation is 2. The van der Waals surface area contributed by atoms with Crippen molar-refractivity contribution in [2.45, 2.75) is 11.9 Å². The Morgan fingerprint density at radius 3 is 2.68 bits per heavy atom. The van der Waals surface area contributed by atoms with Crippen molar-refractivity contribution in [3.63, 3.8) is 0 Å². The van der Waals surface area contributed by atoms with Crippen molar-refractivity contribution < 1.29 is 8.42 Å². The van der Waals surface area contributed by atoms with Gasteiger partial charge in [-0.25, -0.2) is 4.98 Å². The van der Waals surface area contributed by atoms with Crippen LogP contribution in [0, 0.1) is 6.92 Å². The Labute approximate surface area is 110 Å². The third-order valence-electron chi connectivity index (χ3n) is 2.44. The normalized spacial score (nSPS) is 11.3. The minimum atomic E-state index is -3.82. The van der Waals surface area contributed by atoms with E-state index in [-0.39, 0.29) is 10.7 Å². The van der Waals surface area contributed by atoms with E-state index in [9.17, 15) is 8.42 Å². The maximum absolute atomic E-state index is 12.2. The van der Waals surface area contributed by atoms with E-state index in [1.807, 2.05) is 0 Å². The Bertz CT molecular complexity index is 694. The van der Waals surface area contributed by atoms with Crippen LogP contribution in [0.25, 0.3) is 0 Å². The number of aromatic nitrogens is 3. The number of pyridine rings is 1. The molecule has 102 valence electrons. The van der Waals surface area contributed by atoms with Gasteiger partial charge >= 0.3 is 0 Å². The number of nitrogens with zero attached hydrogens (tertiary/aromatic N) is 3. The summed E-state index contributed by atoms with van der Waals surface area (Å²) in [7, 11) is -2.12. The van der Waals surface area contributed by atoms with Crippen LogP contribution in [0.1, 0.15) is 5.69 Å². The van der Waals surface area contributed by atoms with Gasteiger partial charge in [0.1, 0.15) is 0 Å². The molecule has 2 rings (SSSR count). The quantitative estimate of drug-likeness (QED) is 0.545. The van der Waals surface area contributed by atoms with Gasteiger partial charge in [0.2, 0.25) is 5.03 Å². The van der Waals surface area contributed by atoms with Crippen molar-refractivity contribution in [1.29, 1.82) is 0 Å². The second kappa shape index (κ2) is 4.86. The van der Waals surface area contributed by atoms with E-state index >= 15 is 0 Å². The predicted octanol–water partition coefficient (Wildman–Crippen LogP) is 0.210. The SMILES string of the molecule is Cc1nn(C)cc1NS(=O)(=O)c1ncccc1NN. The summed E-state index contributed by atoms with van der Waals surface area (Å²) in [5.74, 6) is 5.28. The Morgan fingerprint density at radius 1 is 1.37 bits per heavy atom. The van der Waals surface area contributed by atoms with Gasteiger partial charge in [-0.05, 0) is 19.1 Å². The van der Waals surface area contributed by atoms with Crippen LogP contribution in [-0.4, -0.2) is 23.2 Å². The number of hydrogen-bond acceptors (Lipinski definition) is 6. The fourth-order valence-corrected chi connectivity index (χ4v) is 2.81. The number of nitrogens with two attached hydrogens (primary N) is 1. The van der Waals surface area contributed by atoms with Crippen LogP contribution < -0.4 is 16.0 Å². The van der Waals surface area contributed by atoms with Gasteiger partial charge in [0, 0.05) is 19.4 Å². The Kier molecular flexibility index (Phi) is 3.40. The fourth-order valence-electron chi connectivity index (χ4n) is 1.61. The molecule has 0 aliphatic rings. The number of sulfonamides is 1. The predicted molar refractivity (Wildman–Crippen MR) is 70.8 cm³/mol. The van der Waals surface area contributed by atoms with E-state index in [1.54, 1.807) is 26.2 Å². The minimum Gasteiger partial charge on any atom is -0.321 e. The molecule has 19 heavy (non-hydrogen) atoms. The maximum atomic E-state index is 12.2. The van der Waals surface area contributed by atoms with E-state index in [2.05, 4.69) is 20.2 Å². The molecular formula is C10H14N6O2S. The smallest absolute Gasteiger partial charge is 0.281 e. The number of nitrogen functional groups attached to an aromatic ring is 1. The van der Waals surface area contributed by atoms with Gasteiger partial charge in [0.25, 0.3) is 10.0 Å². The van der Waals surface area contributed by atoms with Crippen molar-refractivity contribution in [3.8, 4) is 0 Å². The molecule has 0 atom stereocenters. The van der Waals surface area contributed by atoms with E-state index in [4.69, 9.17) is 5.84 Å². The minimum absolute atomic E-state index is 0.166. The highest BCUT2D eigenvalue weighted by Crippen LogP contribution is 2.21. The average Bonchev–Trinajstić information content (AvgIpc) is 2.67. The van der Waals surface area contributed by atoms with Crippen LogP contribution in [0.4, 0.5) is 11.4 Å². The summed E-state index contributed by atoms with van der Waals surface area (Å²) >= 11 is 0. The van der Waals surface area contributed by atoms with E-state index in [0.717, 1.165) is 0 Å². The van der Waals surface area contributed by atoms with E-state index < -0.39 is 10.0 Å². The monoisotopic (exact) mass is 282 g/mol. The van der Waals surface area contributed by atoms with Crippen molar-refractivity contribution >= 4 is 21.4 Å². The highest BCUT2D eigenvalue weighted by atomic mass is 32.2. The van der Waals surface area contributed by atoms with Gasteiger partial charge in [0.15, 0.2) is 0 Å². The van der Waals surface area contributed by atoms with Gasteiger partial charge in [-0.2, -0.15) is 13.5 Å². The molecule has 4 N–H and O–H groups in total. The molecule has 9 heteroatoms. The summed E-state index contributed by atoms with van der Waals surface area (Å²) in [6.07, 6.45) is 2.96. The zero-order valence-electron chi connectivity index (χ0n) is 10.5. The fraction of sp³-hybridized carbons (Fsp3) is 0.200. The molecule has 2 aromatic heterocycles. The largest absolute Gasteiger partial charge is 0.321 e. The summed E-state index contributed by atoms with van der Waals surface area (Å²) in [6.45, 7) is 1.71. The van der Waals surface area contributed by atoms with E-state index in [0.29, 0.717) is 11.4 Å². The number of rotatable bonds is 4. The van der Waals surface area contributed by atoms with Crippen molar-refractivity contribution in [2.75, 3.05) is 10.1 Å². The lowest BCUT2D eigenvalue weighted by molar-refractivity contribution is 0.598. The van der Waals surface area contributed by atoms with Gasteiger partial charge in [-0.15, -0.1) is 0 Å². The summed E-state index contributed by atoms with van der Waals surface area (Å²) in [4.78, 5) is 3.83. The highest BCUT2D eigenvalue weighted by Gasteiger charge is 2.21. The van der Waals surface area contributed by atoms with Crippen LogP contribution in [0.3, 0.4) is 0 Å². The summed E-state index contributed by atoms with van der Waals surface area (Å²) in [6, 6.07) is 3.11. The molecule has 0 aliphatic heterocycles. The first-order chi connectivity index (χ1) is 8.94. The van der Waals surface area contributed by atoms with Crippen molar-refractivity contribution in [1.82, 2.24) is 14.8 Å². The van der Waals surface area contributed by atoms with Gasteiger partial charge in [-0.1, -0.05) is 0 Å². The third-order valence-corrected chi connectivity index (χ3v) is 3.76. The Balaban J connectivity index is 2.40. The molecule has 0 radical (unpaired) electrons. The zero-order chi connectivity index (χ0) is 14.0. The summed E-state index contributed by atoms with van der Waals surface area (Å²) in [5.41, 5.74) is 3.50. The number of anilines is 2. The van der Waals surface area contributed by atoms with Crippen molar-refractivity contribution in [3.05, 3.63) is 30.2 Å². The molecule has 0 aliphatic carbocycles. The summed E-state index contributed by atoms with van der Waals surface area (Å²) < 4.78 is 28.4. The van der Waals surface area contributed by atoms with Crippen LogP contribution in [0.15, 0.2) is 29.6 Å². The number of hydrazine groups is 1. The molecule has 0 aromatic carbocycles. The number of nitrogens with one attached hydrogen (secondary N) is 2. The first kappa shape index (κ1) is 13.3. The molecule has 0 amide bonds. The molecule has 0 fully saturated rings. The lowest BCUT2D eigenvalue weighted by Gasteiger charge is -2.09. The maximum Gasteiger partial charge on any atom is 0.281 e. The topological polar surface area (TPSA) is 115 Å². The van der Waals surface area contributed by atoms with Crippen LogP contribution in [0.2, 0.25) is 0 Å². The Hall–Kier alpha value is -2.13. The second-order valence-corrected chi connectivity index (χ2v) is 5.51. The summed E-state index contributed by atoms with van der Waals surface area (Å²) in [5, 5.41) is 3.89. The average molecular weight is 282 g/mol. The van der Waals surface area contributed by atoms with Crippen molar-refractivity contribution in [2.24, 2.45) is 12.9 Å². The lowest BCUT2D eigenvalue weighted by atomic mass is 10.4. The van der Waals surface area contributed by atoms with Crippen LogP contribution in [0.5, 0.6) is 0 Å². The standard InChI is InChI=1S/C10H14N6O2S/c1-7-9(6-16(2)14-7)15-19(17,18)10-8(13-11)4-3-5-12-10/h3-6,13,15H,11H2,1-2H3. The first-order valence-electron chi connectivity index (χ1n) is 5.39. The molecule has 2 aromatic rings. The molecule has 0 saturated carbocycles. The van der Waals surface area contributed by atoms with Gasteiger partial charge in [-0.3, -0.25) is 15.2 Å². The molecule has 2 heterocycles. The molecule has 8 nitrogen and oxygen atoms in total. The molecule has 0 spiro atoms. The third kappa shape index (κ3) is 2.66.